The van der Waals surface area contributed by atoms with Crippen LogP contribution in [0.4, 0.5) is 5.69 Å². The highest BCUT2D eigenvalue weighted by Gasteiger charge is 2.14. The molecule has 0 aromatic heterocycles. The summed E-state index contributed by atoms with van der Waals surface area (Å²) in [5.41, 5.74) is 6.49. The third-order valence-electron chi connectivity index (χ3n) is 2.67. The van der Waals surface area contributed by atoms with Crippen molar-refractivity contribution in [2.24, 2.45) is 0 Å². The van der Waals surface area contributed by atoms with E-state index >= 15 is 0 Å². The Labute approximate surface area is 137 Å². The second kappa shape index (κ2) is 6.83. The highest BCUT2D eigenvalue weighted by molar-refractivity contribution is 9.10. The highest BCUT2D eigenvalue weighted by atomic mass is 79.9. The van der Waals surface area contributed by atoms with Crippen LogP contribution >= 0.6 is 27.7 Å². The fourth-order valence-corrected chi connectivity index (χ4v) is 3.98. The van der Waals surface area contributed by atoms with Gasteiger partial charge in [0.15, 0.2) is 0 Å². The Bertz CT molecular complexity index is 731. The van der Waals surface area contributed by atoms with E-state index in [1.54, 1.807) is 19.1 Å². The van der Waals surface area contributed by atoms with Crippen molar-refractivity contribution in [1.82, 2.24) is 4.72 Å². The number of anilines is 1. The monoisotopic (exact) mass is 386 g/mol. The van der Waals surface area contributed by atoms with Crippen molar-refractivity contribution in [1.29, 1.82) is 0 Å². The van der Waals surface area contributed by atoms with E-state index in [9.17, 15) is 8.42 Å². The molecule has 21 heavy (non-hydrogen) atoms. The van der Waals surface area contributed by atoms with E-state index in [0.717, 1.165) is 14.3 Å². The molecule has 0 aliphatic carbocycles. The maximum Gasteiger partial charge on any atom is 0.240 e. The number of nitrogens with two attached hydrogens (primary N) is 1. The van der Waals surface area contributed by atoms with Crippen molar-refractivity contribution < 1.29 is 8.42 Å². The van der Waals surface area contributed by atoms with Crippen molar-refractivity contribution in [2.75, 3.05) is 12.3 Å². The molecular weight excluding hydrogens is 372 g/mol. The first kappa shape index (κ1) is 16.4. The van der Waals surface area contributed by atoms with Crippen LogP contribution in [0.25, 0.3) is 0 Å². The average molecular weight is 387 g/mol. The summed E-state index contributed by atoms with van der Waals surface area (Å²) >= 11 is 4.81. The number of halogens is 1. The van der Waals surface area contributed by atoms with Crippen molar-refractivity contribution in [3.05, 3.63) is 46.9 Å². The molecule has 7 heteroatoms. The Kier molecular flexibility index (Phi) is 5.32. The summed E-state index contributed by atoms with van der Waals surface area (Å²) in [7, 11) is -3.47. The topological polar surface area (TPSA) is 72.2 Å². The molecule has 0 spiro atoms. The summed E-state index contributed by atoms with van der Waals surface area (Å²) in [4.78, 5) is 1.93. The number of hydrogen-bond donors (Lipinski definition) is 2. The largest absolute Gasteiger partial charge is 0.398 e. The summed E-state index contributed by atoms with van der Waals surface area (Å²) in [5.74, 6) is 0. The molecule has 2 rings (SSSR count). The average Bonchev–Trinajstić information content (AvgIpc) is 2.43. The van der Waals surface area contributed by atoms with Crippen LogP contribution in [0.15, 0.2) is 61.6 Å². The van der Waals surface area contributed by atoms with Gasteiger partial charge in [-0.05, 0) is 42.5 Å². The molecule has 0 amide bonds. The van der Waals surface area contributed by atoms with Crippen LogP contribution in [0.5, 0.6) is 0 Å². The van der Waals surface area contributed by atoms with Crippen LogP contribution in [0, 0.1) is 0 Å². The Morgan fingerprint density at radius 2 is 1.86 bits per heavy atom. The molecular formula is C14H15BrN2O2S2. The van der Waals surface area contributed by atoms with E-state index in [0.29, 0.717) is 12.2 Å². The first-order chi connectivity index (χ1) is 9.92. The Hall–Kier alpha value is -1.02. The lowest BCUT2D eigenvalue weighted by Gasteiger charge is -2.09. The van der Waals surface area contributed by atoms with E-state index in [1.807, 2.05) is 24.3 Å². The molecule has 2 aromatic carbocycles. The van der Waals surface area contributed by atoms with Crippen LogP contribution < -0.4 is 10.5 Å². The maximum atomic E-state index is 12.0. The van der Waals surface area contributed by atoms with Gasteiger partial charge in [-0.1, -0.05) is 34.6 Å². The molecule has 0 bridgehead atoms. The number of sulfonamides is 1. The van der Waals surface area contributed by atoms with Crippen LogP contribution in [-0.4, -0.2) is 15.0 Å². The maximum absolute atomic E-state index is 12.0. The number of nitrogens with one attached hydrogen (secondary N) is 1. The van der Waals surface area contributed by atoms with Gasteiger partial charge in [-0.2, -0.15) is 0 Å². The lowest BCUT2D eigenvalue weighted by atomic mass is 10.3. The molecule has 112 valence electrons. The van der Waals surface area contributed by atoms with Crippen LogP contribution in [0.1, 0.15) is 6.92 Å². The SMILES string of the molecule is CCNS(=O)(=O)c1ccc(N)c(Sc2ccc(Br)cc2)c1. The van der Waals surface area contributed by atoms with Gasteiger partial charge in [-0.3, -0.25) is 0 Å². The predicted octanol–water partition coefficient (Wildman–Crippen LogP) is 3.48. The summed E-state index contributed by atoms with van der Waals surface area (Å²) < 4.78 is 27.5. The van der Waals surface area contributed by atoms with E-state index in [-0.39, 0.29) is 4.90 Å². The molecule has 3 N–H and O–H groups in total. The van der Waals surface area contributed by atoms with Crippen LogP contribution in [0.3, 0.4) is 0 Å². The smallest absolute Gasteiger partial charge is 0.240 e. The molecule has 0 saturated carbocycles. The van der Waals surface area contributed by atoms with Crippen LogP contribution in [0.2, 0.25) is 0 Å². The minimum Gasteiger partial charge on any atom is -0.398 e. The zero-order valence-electron chi connectivity index (χ0n) is 11.3. The van der Waals surface area contributed by atoms with Gasteiger partial charge in [0.25, 0.3) is 0 Å². The van der Waals surface area contributed by atoms with Gasteiger partial charge in [0.2, 0.25) is 10.0 Å². The fraction of sp³-hybridized carbons (Fsp3) is 0.143. The standard InChI is InChI=1S/C14H15BrN2O2S2/c1-2-17-21(18,19)12-7-8-13(16)14(9-12)20-11-5-3-10(15)4-6-11/h3-9,17H,2,16H2,1H3. The first-order valence-corrected chi connectivity index (χ1v) is 9.34. The van der Waals surface area contributed by atoms with Gasteiger partial charge in [0.1, 0.15) is 0 Å². The molecule has 0 fully saturated rings. The third kappa shape index (κ3) is 4.23. The van der Waals surface area contributed by atoms with E-state index in [1.165, 1.54) is 17.8 Å². The minimum atomic E-state index is -3.47. The fourth-order valence-electron chi connectivity index (χ4n) is 1.67. The van der Waals surface area contributed by atoms with Gasteiger partial charge < -0.3 is 5.73 Å². The van der Waals surface area contributed by atoms with Gasteiger partial charge in [-0.25, -0.2) is 13.1 Å². The Morgan fingerprint density at radius 3 is 2.48 bits per heavy atom. The molecule has 4 nitrogen and oxygen atoms in total. The van der Waals surface area contributed by atoms with E-state index in [2.05, 4.69) is 20.7 Å². The second-order valence-corrected chi connectivity index (χ2v) is 8.05. The minimum absolute atomic E-state index is 0.221. The zero-order valence-corrected chi connectivity index (χ0v) is 14.6. The molecule has 0 aliphatic rings. The molecule has 0 unspecified atom stereocenters. The second-order valence-electron chi connectivity index (χ2n) is 4.26. The molecule has 0 radical (unpaired) electrons. The summed E-state index contributed by atoms with van der Waals surface area (Å²) in [5, 5.41) is 0. The Balaban J connectivity index is 2.33. The number of rotatable bonds is 5. The summed E-state index contributed by atoms with van der Waals surface area (Å²) in [6.07, 6.45) is 0. The predicted molar refractivity (Wildman–Crippen MR) is 90.0 cm³/mol. The van der Waals surface area contributed by atoms with Gasteiger partial charge in [0.05, 0.1) is 4.90 Å². The highest BCUT2D eigenvalue weighted by Crippen LogP contribution is 2.34. The van der Waals surface area contributed by atoms with Crippen molar-refractivity contribution in [2.45, 2.75) is 21.6 Å². The van der Waals surface area contributed by atoms with Crippen molar-refractivity contribution in [3.63, 3.8) is 0 Å². The molecule has 0 heterocycles. The molecule has 0 aliphatic heterocycles. The Morgan fingerprint density at radius 1 is 1.19 bits per heavy atom. The first-order valence-electron chi connectivity index (χ1n) is 6.25. The van der Waals surface area contributed by atoms with Gasteiger partial charge in [-0.15, -0.1) is 0 Å². The van der Waals surface area contributed by atoms with E-state index in [4.69, 9.17) is 5.73 Å². The molecule has 0 atom stereocenters. The lowest BCUT2D eigenvalue weighted by Crippen LogP contribution is -2.23. The van der Waals surface area contributed by atoms with E-state index < -0.39 is 10.0 Å². The summed E-state index contributed by atoms with van der Waals surface area (Å²) in [6.45, 7) is 2.09. The van der Waals surface area contributed by atoms with Crippen molar-refractivity contribution >= 4 is 43.4 Å². The van der Waals surface area contributed by atoms with Gasteiger partial charge >= 0.3 is 0 Å². The molecule has 0 saturated heterocycles. The summed E-state index contributed by atoms with van der Waals surface area (Å²) in [6, 6.07) is 12.5. The number of hydrogen-bond acceptors (Lipinski definition) is 4. The van der Waals surface area contributed by atoms with Crippen LogP contribution in [-0.2, 0) is 10.0 Å². The lowest BCUT2D eigenvalue weighted by molar-refractivity contribution is 0.583. The van der Waals surface area contributed by atoms with Gasteiger partial charge in [0, 0.05) is 26.5 Å². The van der Waals surface area contributed by atoms with Crippen molar-refractivity contribution in [3.8, 4) is 0 Å². The normalized spacial score (nSPS) is 11.5. The third-order valence-corrected chi connectivity index (χ3v) is 5.82. The number of nitrogen functional groups attached to an aromatic ring is 1. The zero-order chi connectivity index (χ0) is 15.5. The quantitative estimate of drug-likeness (QED) is 0.771. The number of benzene rings is 2. The molecule has 2 aromatic rings.